The van der Waals surface area contributed by atoms with Crippen LogP contribution in [0.2, 0.25) is 0 Å². The van der Waals surface area contributed by atoms with Crippen molar-refractivity contribution in [2.45, 2.75) is 52.2 Å². The Morgan fingerprint density at radius 1 is 1.08 bits per heavy atom. The van der Waals surface area contributed by atoms with Gasteiger partial charge in [0.1, 0.15) is 12.4 Å². The number of morpholine rings is 1. The number of hydrogen-bond acceptors (Lipinski definition) is 4. The second-order valence-corrected chi connectivity index (χ2v) is 6.86. The summed E-state index contributed by atoms with van der Waals surface area (Å²) >= 11 is 0. The van der Waals surface area contributed by atoms with Gasteiger partial charge >= 0.3 is 0 Å². The highest BCUT2D eigenvalue weighted by Gasteiger charge is 2.21. The van der Waals surface area contributed by atoms with Gasteiger partial charge in [0.05, 0.1) is 25.4 Å². The Kier molecular flexibility index (Phi) is 8.03. The van der Waals surface area contributed by atoms with E-state index in [9.17, 15) is 0 Å². The van der Waals surface area contributed by atoms with Crippen LogP contribution in [0.1, 0.15) is 45.6 Å². The lowest BCUT2D eigenvalue weighted by Crippen LogP contribution is -2.46. The van der Waals surface area contributed by atoms with Gasteiger partial charge in [-0.2, -0.15) is 0 Å². The Bertz CT molecular complexity index is 452. The molecule has 136 valence electrons. The minimum Gasteiger partial charge on any atom is -0.491 e. The normalized spacial score (nSPS) is 23.2. The molecule has 0 spiro atoms. The largest absolute Gasteiger partial charge is 0.491 e. The van der Waals surface area contributed by atoms with Crippen LogP contribution < -0.4 is 4.74 Å². The molecule has 0 unspecified atom stereocenters. The molecule has 0 bridgehead atoms. The molecular formula is C20H33NO3. The summed E-state index contributed by atoms with van der Waals surface area (Å²) in [5, 5.41) is 0. The van der Waals surface area contributed by atoms with Crippen molar-refractivity contribution in [1.29, 1.82) is 0 Å². The molecule has 4 nitrogen and oxygen atoms in total. The SMILES string of the molecule is CC[C@H](C)c1ccc(OCCOCCN2C[C@@H](C)O[C@@H](C)C2)cc1. The maximum Gasteiger partial charge on any atom is 0.119 e. The maximum atomic E-state index is 5.74. The second-order valence-electron chi connectivity index (χ2n) is 6.86. The summed E-state index contributed by atoms with van der Waals surface area (Å²) in [6, 6.07) is 8.42. The molecule has 0 amide bonds. The molecule has 0 aromatic heterocycles. The Morgan fingerprint density at radius 2 is 1.75 bits per heavy atom. The lowest BCUT2D eigenvalue weighted by molar-refractivity contribution is -0.0734. The van der Waals surface area contributed by atoms with Crippen molar-refractivity contribution in [3.63, 3.8) is 0 Å². The van der Waals surface area contributed by atoms with E-state index in [0.29, 0.717) is 31.3 Å². The topological polar surface area (TPSA) is 30.9 Å². The van der Waals surface area contributed by atoms with Crippen LogP contribution >= 0.6 is 0 Å². The van der Waals surface area contributed by atoms with Crippen molar-refractivity contribution in [2.75, 3.05) is 39.5 Å². The molecule has 0 saturated carbocycles. The Morgan fingerprint density at radius 3 is 2.38 bits per heavy atom. The minimum absolute atomic E-state index is 0.315. The van der Waals surface area contributed by atoms with Crippen molar-refractivity contribution in [2.24, 2.45) is 0 Å². The standard InChI is InChI=1S/C20H33NO3/c1-5-16(2)19-6-8-20(9-7-19)23-13-12-22-11-10-21-14-17(3)24-18(4)15-21/h6-9,16-18H,5,10-15H2,1-4H3/t16-,17-,18+/m0/s1. The van der Waals surface area contributed by atoms with Crippen LogP contribution in [0.25, 0.3) is 0 Å². The number of rotatable bonds is 9. The van der Waals surface area contributed by atoms with Crippen LogP contribution in [-0.2, 0) is 9.47 Å². The zero-order valence-electron chi connectivity index (χ0n) is 15.7. The van der Waals surface area contributed by atoms with Gasteiger partial charge in [-0.25, -0.2) is 0 Å². The summed E-state index contributed by atoms with van der Waals surface area (Å²) < 4.78 is 17.2. The molecule has 1 aliphatic heterocycles. The molecule has 1 aliphatic rings. The first kappa shape index (κ1) is 19.2. The fraction of sp³-hybridized carbons (Fsp3) is 0.700. The molecule has 4 heteroatoms. The molecule has 1 aromatic carbocycles. The zero-order valence-corrected chi connectivity index (χ0v) is 15.7. The highest BCUT2D eigenvalue weighted by Crippen LogP contribution is 2.21. The van der Waals surface area contributed by atoms with Crippen molar-refractivity contribution in [1.82, 2.24) is 4.90 Å². The third kappa shape index (κ3) is 6.42. The van der Waals surface area contributed by atoms with Crippen LogP contribution in [0.5, 0.6) is 5.75 Å². The lowest BCUT2D eigenvalue weighted by Gasteiger charge is -2.35. The number of hydrogen-bond donors (Lipinski definition) is 0. The van der Waals surface area contributed by atoms with E-state index >= 15 is 0 Å². The van der Waals surface area contributed by atoms with Crippen LogP contribution in [0.15, 0.2) is 24.3 Å². The van der Waals surface area contributed by atoms with Crippen LogP contribution in [-0.4, -0.2) is 56.6 Å². The lowest BCUT2D eigenvalue weighted by atomic mass is 9.99. The van der Waals surface area contributed by atoms with Crippen LogP contribution in [0, 0.1) is 0 Å². The third-order valence-electron chi connectivity index (χ3n) is 4.60. The fourth-order valence-corrected chi connectivity index (χ4v) is 3.11. The average Bonchev–Trinajstić information content (AvgIpc) is 2.57. The quantitative estimate of drug-likeness (QED) is 0.644. The monoisotopic (exact) mass is 335 g/mol. The van der Waals surface area contributed by atoms with Crippen molar-refractivity contribution in [3.05, 3.63) is 29.8 Å². The molecule has 0 radical (unpaired) electrons. The van der Waals surface area contributed by atoms with Gasteiger partial charge in [-0.05, 0) is 43.9 Å². The number of ether oxygens (including phenoxy) is 3. The molecule has 1 aromatic rings. The van der Waals surface area contributed by atoms with Gasteiger partial charge in [0, 0.05) is 19.6 Å². The molecule has 3 atom stereocenters. The van der Waals surface area contributed by atoms with Gasteiger partial charge in [0.2, 0.25) is 0 Å². The van der Waals surface area contributed by atoms with Crippen molar-refractivity contribution >= 4 is 0 Å². The summed E-state index contributed by atoms with van der Waals surface area (Å²) in [6.45, 7) is 13.6. The fourth-order valence-electron chi connectivity index (χ4n) is 3.11. The maximum absolute atomic E-state index is 5.74. The van der Waals surface area contributed by atoms with E-state index in [2.05, 4.69) is 56.9 Å². The average molecular weight is 335 g/mol. The number of nitrogens with zero attached hydrogens (tertiary/aromatic N) is 1. The molecule has 0 N–H and O–H groups in total. The van der Waals surface area contributed by atoms with E-state index in [1.807, 2.05) is 0 Å². The first-order chi connectivity index (χ1) is 11.6. The molecule has 24 heavy (non-hydrogen) atoms. The molecule has 0 aliphatic carbocycles. The zero-order chi connectivity index (χ0) is 17.4. The van der Waals surface area contributed by atoms with E-state index < -0.39 is 0 Å². The van der Waals surface area contributed by atoms with E-state index in [-0.39, 0.29) is 0 Å². The molecule has 1 fully saturated rings. The van der Waals surface area contributed by atoms with Gasteiger partial charge in [-0.15, -0.1) is 0 Å². The Hall–Kier alpha value is -1.10. The predicted molar refractivity (Wildman–Crippen MR) is 97.9 cm³/mol. The third-order valence-corrected chi connectivity index (χ3v) is 4.60. The van der Waals surface area contributed by atoms with Gasteiger partial charge in [0.25, 0.3) is 0 Å². The summed E-state index contributed by atoms with van der Waals surface area (Å²) in [4.78, 5) is 2.41. The smallest absolute Gasteiger partial charge is 0.119 e. The summed E-state index contributed by atoms with van der Waals surface area (Å²) in [7, 11) is 0. The highest BCUT2D eigenvalue weighted by molar-refractivity contribution is 5.29. The van der Waals surface area contributed by atoms with Crippen LogP contribution in [0.4, 0.5) is 0 Å². The van der Waals surface area contributed by atoms with E-state index in [0.717, 1.165) is 38.4 Å². The van der Waals surface area contributed by atoms with Gasteiger partial charge in [0.15, 0.2) is 0 Å². The Labute approximate surface area is 147 Å². The van der Waals surface area contributed by atoms with Crippen molar-refractivity contribution in [3.8, 4) is 5.75 Å². The Balaban J connectivity index is 1.56. The summed E-state index contributed by atoms with van der Waals surface area (Å²) in [6.07, 6.45) is 1.79. The molecule has 1 saturated heterocycles. The summed E-state index contributed by atoms with van der Waals surface area (Å²) in [5.74, 6) is 1.52. The summed E-state index contributed by atoms with van der Waals surface area (Å²) in [5.41, 5.74) is 1.37. The molecule has 1 heterocycles. The molecular weight excluding hydrogens is 302 g/mol. The van der Waals surface area contributed by atoms with Gasteiger partial charge in [-0.1, -0.05) is 26.0 Å². The van der Waals surface area contributed by atoms with Gasteiger partial charge in [-0.3, -0.25) is 4.90 Å². The van der Waals surface area contributed by atoms with E-state index in [4.69, 9.17) is 14.2 Å². The van der Waals surface area contributed by atoms with Crippen LogP contribution in [0.3, 0.4) is 0 Å². The van der Waals surface area contributed by atoms with Crippen molar-refractivity contribution < 1.29 is 14.2 Å². The predicted octanol–water partition coefficient (Wildman–Crippen LogP) is 3.70. The second kappa shape index (κ2) is 10.0. The molecule has 2 rings (SSSR count). The first-order valence-corrected chi connectivity index (χ1v) is 9.26. The number of benzene rings is 1. The van der Waals surface area contributed by atoms with E-state index in [1.165, 1.54) is 5.56 Å². The highest BCUT2D eigenvalue weighted by atomic mass is 16.5. The van der Waals surface area contributed by atoms with E-state index in [1.54, 1.807) is 0 Å². The first-order valence-electron chi connectivity index (χ1n) is 9.26. The van der Waals surface area contributed by atoms with Gasteiger partial charge < -0.3 is 14.2 Å². The minimum atomic E-state index is 0.315.